The Labute approximate surface area is 129 Å². The number of rotatable bonds is 4. The van der Waals surface area contributed by atoms with Gasteiger partial charge in [0.1, 0.15) is 15.7 Å². The van der Waals surface area contributed by atoms with Gasteiger partial charge in [-0.1, -0.05) is 11.8 Å². The number of aryl methyl sites for hydroxylation is 1. The van der Waals surface area contributed by atoms with Gasteiger partial charge in [0.2, 0.25) is 0 Å². The Morgan fingerprint density at radius 3 is 2.95 bits per heavy atom. The van der Waals surface area contributed by atoms with Gasteiger partial charge in [-0.05, 0) is 24.6 Å². The average molecular weight is 319 g/mol. The molecule has 0 aliphatic rings. The first kappa shape index (κ1) is 14.2. The van der Waals surface area contributed by atoms with Crippen molar-refractivity contribution in [1.29, 1.82) is 0 Å². The van der Waals surface area contributed by atoms with E-state index in [-0.39, 0.29) is 5.63 Å². The Hall–Kier alpha value is -1.79. The van der Waals surface area contributed by atoms with E-state index in [1.807, 2.05) is 24.4 Å². The summed E-state index contributed by atoms with van der Waals surface area (Å²) in [4.78, 5) is 16.1. The van der Waals surface area contributed by atoms with E-state index < -0.39 is 0 Å². The van der Waals surface area contributed by atoms with Gasteiger partial charge in [0.15, 0.2) is 0 Å². The van der Waals surface area contributed by atoms with E-state index in [0.29, 0.717) is 17.1 Å². The monoisotopic (exact) mass is 319 g/mol. The molecule has 2 aromatic heterocycles. The van der Waals surface area contributed by atoms with Gasteiger partial charge in [0.05, 0.1) is 7.11 Å². The Kier molecular flexibility index (Phi) is 3.98. The molecule has 1 aromatic carbocycles. The summed E-state index contributed by atoms with van der Waals surface area (Å²) < 4.78 is 11.4. The molecule has 21 heavy (non-hydrogen) atoms. The number of benzene rings is 1. The maximum Gasteiger partial charge on any atom is 0.336 e. The summed E-state index contributed by atoms with van der Waals surface area (Å²) in [5.74, 6) is 1.35. The molecule has 0 unspecified atom stereocenters. The van der Waals surface area contributed by atoms with Crippen LogP contribution in [0.5, 0.6) is 5.75 Å². The fourth-order valence-electron chi connectivity index (χ4n) is 1.99. The smallest absolute Gasteiger partial charge is 0.336 e. The van der Waals surface area contributed by atoms with Gasteiger partial charge < -0.3 is 9.15 Å². The second kappa shape index (κ2) is 5.91. The van der Waals surface area contributed by atoms with E-state index in [0.717, 1.165) is 21.0 Å². The molecule has 0 fully saturated rings. The molecule has 0 saturated heterocycles. The van der Waals surface area contributed by atoms with Crippen LogP contribution in [0.3, 0.4) is 0 Å². The van der Waals surface area contributed by atoms with Crippen LogP contribution in [0.2, 0.25) is 0 Å². The molecule has 0 amide bonds. The zero-order chi connectivity index (χ0) is 14.8. The minimum atomic E-state index is -0.346. The molecule has 0 aliphatic heterocycles. The molecule has 0 saturated carbocycles. The highest BCUT2D eigenvalue weighted by Crippen LogP contribution is 2.29. The number of hydrogen-bond donors (Lipinski definition) is 0. The van der Waals surface area contributed by atoms with E-state index >= 15 is 0 Å². The molecule has 0 bridgehead atoms. The van der Waals surface area contributed by atoms with Gasteiger partial charge in [-0.25, -0.2) is 9.78 Å². The Bertz CT molecular complexity index is 838. The summed E-state index contributed by atoms with van der Waals surface area (Å²) in [6.45, 7) is 1.97. The molecule has 0 atom stereocenters. The summed E-state index contributed by atoms with van der Waals surface area (Å²) in [7, 11) is 1.59. The van der Waals surface area contributed by atoms with Crippen molar-refractivity contribution in [3.63, 3.8) is 0 Å². The van der Waals surface area contributed by atoms with Gasteiger partial charge in [-0.3, -0.25) is 0 Å². The van der Waals surface area contributed by atoms with Gasteiger partial charge in [0.25, 0.3) is 0 Å². The quantitative estimate of drug-likeness (QED) is 0.540. The second-order valence-corrected chi connectivity index (χ2v) is 6.58. The Balaban J connectivity index is 1.95. The van der Waals surface area contributed by atoms with Crippen molar-refractivity contribution in [3.8, 4) is 5.75 Å². The topological polar surface area (TPSA) is 52.3 Å². The van der Waals surface area contributed by atoms with E-state index in [1.165, 1.54) is 0 Å². The van der Waals surface area contributed by atoms with E-state index in [2.05, 4.69) is 4.98 Å². The first-order chi connectivity index (χ1) is 10.2. The van der Waals surface area contributed by atoms with Crippen LogP contribution in [0, 0.1) is 6.92 Å². The van der Waals surface area contributed by atoms with Crippen LogP contribution in [-0.4, -0.2) is 12.1 Å². The van der Waals surface area contributed by atoms with Crippen LogP contribution in [0.15, 0.2) is 43.2 Å². The summed E-state index contributed by atoms with van der Waals surface area (Å²) in [5.41, 5.74) is 2.17. The minimum absolute atomic E-state index is 0.346. The molecule has 0 spiro atoms. The lowest BCUT2D eigenvalue weighted by molar-refractivity contribution is 0.414. The molecule has 0 radical (unpaired) electrons. The van der Waals surface area contributed by atoms with Crippen molar-refractivity contribution in [1.82, 2.24) is 4.98 Å². The van der Waals surface area contributed by atoms with Gasteiger partial charge in [-0.15, -0.1) is 11.3 Å². The van der Waals surface area contributed by atoms with Crippen molar-refractivity contribution in [2.75, 3.05) is 7.11 Å². The highest BCUT2D eigenvalue weighted by Gasteiger charge is 2.08. The lowest BCUT2D eigenvalue weighted by atomic mass is 10.1. The molecule has 3 aromatic rings. The summed E-state index contributed by atoms with van der Waals surface area (Å²) >= 11 is 3.24. The predicted octanol–water partition coefficient (Wildman–Crippen LogP) is 3.86. The van der Waals surface area contributed by atoms with Crippen molar-refractivity contribution in [3.05, 3.63) is 51.3 Å². The number of aromatic nitrogens is 1. The Morgan fingerprint density at radius 1 is 1.38 bits per heavy atom. The molecule has 0 N–H and O–H groups in total. The average Bonchev–Trinajstić information content (AvgIpc) is 2.89. The largest absolute Gasteiger partial charge is 0.497 e. The normalized spacial score (nSPS) is 11.0. The standard InChI is InChI=1S/C15H13NO3S2/c1-9-7-20-15(16-9)21-8-10-5-14(17)19-13-6-11(18-2)3-4-12(10)13/h3-7H,8H2,1-2H3. The van der Waals surface area contributed by atoms with Crippen LogP contribution < -0.4 is 10.4 Å². The van der Waals surface area contributed by atoms with Crippen LogP contribution in [0.1, 0.15) is 11.3 Å². The second-order valence-electron chi connectivity index (χ2n) is 4.50. The lowest BCUT2D eigenvalue weighted by Gasteiger charge is -2.06. The highest BCUT2D eigenvalue weighted by molar-refractivity contribution is 8.00. The van der Waals surface area contributed by atoms with Crippen LogP contribution in [0.25, 0.3) is 11.0 Å². The predicted molar refractivity (Wildman–Crippen MR) is 85.4 cm³/mol. The molecular formula is C15H13NO3S2. The summed E-state index contributed by atoms with van der Waals surface area (Å²) in [6, 6.07) is 7.06. The first-order valence-corrected chi connectivity index (χ1v) is 8.18. The third kappa shape index (κ3) is 3.11. The fourth-order valence-corrected chi connectivity index (χ4v) is 3.84. The maximum absolute atomic E-state index is 11.7. The molecule has 2 heterocycles. The van der Waals surface area contributed by atoms with Crippen molar-refractivity contribution in [2.45, 2.75) is 17.0 Å². The maximum atomic E-state index is 11.7. The van der Waals surface area contributed by atoms with Crippen LogP contribution >= 0.6 is 23.1 Å². The van der Waals surface area contributed by atoms with Crippen molar-refractivity contribution >= 4 is 34.1 Å². The molecular weight excluding hydrogens is 306 g/mol. The summed E-state index contributed by atoms with van der Waals surface area (Å²) in [6.07, 6.45) is 0. The van der Waals surface area contributed by atoms with Crippen LogP contribution in [0.4, 0.5) is 0 Å². The summed E-state index contributed by atoms with van der Waals surface area (Å²) in [5, 5.41) is 2.95. The number of hydrogen-bond acceptors (Lipinski definition) is 6. The number of nitrogens with zero attached hydrogens (tertiary/aromatic N) is 1. The first-order valence-electron chi connectivity index (χ1n) is 6.31. The van der Waals surface area contributed by atoms with E-state index in [1.54, 1.807) is 42.3 Å². The number of fused-ring (bicyclic) bond motifs is 1. The molecule has 3 rings (SSSR count). The zero-order valence-corrected chi connectivity index (χ0v) is 13.2. The third-order valence-electron chi connectivity index (χ3n) is 2.99. The van der Waals surface area contributed by atoms with Gasteiger partial charge >= 0.3 is 5.63 Å². The number of methoxy groups -OCH3 is 1. The van der Waals surface area contributed by atoms with E-state index in [4.69, 9.17) is 9.15 Å². The van der Waals surface area contributed by atoms with Crippen LogP contribution in [-0.2, 0) is 5.75 Å². The fraction of sp³-hybridized carbons (Fsp3) is 0.200. The SMILES string of the molecule is COc1ccc2c(CSc3nc(C)cs3)cc(=O)oc2c1. The third-order valence-corrected chi connectivity index (χ3v) is 5.17. The number of thiazole rings is 1. The highest BCUT2D eigenvalue weighted by atomic mass is 32.2. The molecule has 108 valence electrons. The lowest BCUT2D eigenvalue weighted by Crippen LogP contribution is -2.00. The Morgan fingerprint density at radius 2 is 2.24 bits per heavy atom. The van der Waals surface area contributed by atoms with E-state index in [9.17, 15) is 4.79 Å². The number of ether oxygens (including phenoxy) is 1. The molecule has 0 aliphatic carbocycles. The van der Waals surface area contributed by atoms with Gasteiger partial charge in [-0.2, -0.15) is 0 Å². The minimum Gasteiger partial charge on any atom is -0.497 e. The van der Waals surface area contributed by atoms with Gasteiger partial charge in [0, 0.05) is 34.3 Å². The molecule has 4 nitrogen and oxygen atoms in total. The number of thioether (sulfide) groups is 1. The van der Waals surface area contributed by atoms with Crippen molar-refractivity contribution in [2.24, 2.45) is 0 Å². The molecule has 6 heteroatoms. The van der Waals surface area contributed by atoms with Crippen molar-refractivity contribution < 1.29 is 9.15 Å². The zero-order valence-electron chi connectivity index (χ0n) is 11.6.